The number of Topliss-reactive ketones (excluding diaryl/α,β-unsaturated/α-hetero) is 1. The average molecular weight is 229 g/mol. The van der Waals surface area contributed by atoms with E-state index in [1.54, 1.807) is 0 Å². The largest absolute Gasteiger partial charge is 0.299 e. The van der Waals surface area contributed by atoms with Crippen molar-refractivity contribution in [2.24, 2.45) is 11.8 Å². The molecule has 0 amide bonds. The van der Waals surface area contributed by atoms with E-state index in [0.29, 0.717) is 17.6 Å². The quantitative estimate of drug-likeness (QED) is 0.776. The molecular weight excluding hydrogens is 210 g/mol. The molecule has 0 N–H and O–H groups in total. The lowest BCUT2D eigenvalue weighted by Gasteiger charge is -2.40. The van der Waals surface area contributed by atoms with Gasteiger partial charge in [-0.25, -0.2) is 0 Å². The van der Waals surface area contributed by atoms with Crippen LogP contribution in [0, 0.1) is 11.8 Å². The number of likely N-dealkylation sites (tertiary alicyclic amines) is 1. The van der Waals surface area contributed by atoms with Gasteiger partial charge in [-0.1, -0.05) is 36.8 Å². The predicted octanol–water partition coefficient (Wildman–Crippen LogP) is 2.49. The molecule has 1 aliphatic carbocycles. The fourth-order valence-corrected chi connectivity index (χ4v) is 3.26. The molecular formula is C15H19NO. The van der Waals surface area contributed by atoms with E-state index in [1.165, 1.54) is 12.0 Å². The minimum atomic E-state index is 0.325. The van der Waals surface area contributed by atoms with E-state index >= 15 is 0 Å². The van der Waals surface area contributed by atoms with Crippen LogP contribution in [0.1, 0.15) is 24.8 Å². The number of carbonyl (C=O) groups excluding carboxylic acids is 1. The van der Waals surface area contributed by atoms with Crippen molar-refractivity contribution in [3.8, 4) is 0 Å². The van der Waals surface area contributed by atoms with Crippen LogP contribution in [0.4, 0.5) is 0 Å². The van der Waals surface area contributed by atoms with Crippen LogP contribution in [0.2, 0.25) is 0 Å². The Morgan fingerprint density at radius 3 is 2.35 bits per heavy atom. The maximum atomic E-state index is 12.0. The monoisotopic (exact) mass is 229 g/mol. The highest BCUT2D eigenvalue weighted by Gasteiger charge is 2.37. The van der Waals surface area contributed by atoms with Gasteiger partial charge in [-0.2, -0.15) is 0 Å². The Hall–Kier alpha value is -1.15. The highest BCUT2D eigenvalue weighted by molar-refractivity contribution is 5.85. The van der Waals surface area contributed by atoms with E-state index < -0.39 is 0 Å². The molecule has 2 aliphatic rings. The van der Waals surface area contributed by atoms with E-state index in [4.69, 9.17) is 0 Å². The fraction of sp³-hybridized carbons (Fsp3) is 0.533. The molecule has 90 valence electrons. The molecule has 2 bridgehead atoms. The van der Waals surface area contributed by atoms with Crippen molar-refractivity contribution < 1.29 is 4.79 Å². The molecule has 1 aliphatic heterocycles. The van der Waals surface area contributed by atoms with Gasteiger partial charge in [-0.05, 0) is 18.4 Å². The van der Waals surface area contributed by atoms with Crippen molar-refractivity contribution >= 4 is 5.78 Å². The third kappa shape index (κ3) is 2.27. The molecule has 3 rings (SSSR count). The third-order valence-corrected chi connectivity index (χ3v) is 4.12. The summed E-state index contributed by atoms with van der Waals surface area (Å²) in [6.45, 7) is 2.95. The first-order valence-corrected chi connectivity index (χ1v) is 6.63. The molecule has 1 heterocycles. The van der Waals surface area contributed by atoms with Crippen LogP contribution in [0.3, 0.4) is 0 Å². The fourth-order valence-electron chi connectivity index (χ4n) is 3.26. The molecule has 0 radical (unpaired) electrons. The second-order valence-electron chi connectivity index (χ2n) is 5.41. The minimum absolute atomic E-state index is 0.325. The minimum Gasteiger partial charge on any atom is -0.299 e. The smallest absolute Gasteiger partial charge is 0.141 e. The molecule has 1 saturated carbocycles. The van der Waals surface area contributed by atoms with Crippen molar-refractivity contribution in [1.82, 2.24) is 4.90 Å². The highest BCUT2D eigenvalue weighted by atomic mass is 16.1. The number of piperidine rings is 1. The van der Waals surface area contributed by atoms with Crippen molar-refractivity contribution in [3.63, 3.8) is 0 Å². The lowest BCUT2D eigenvalue weighted by molar-refractivity contribution is -0.134. The Morgan fingerprint density at radius 2 is 1.71 bits per heavy atom. The lowest BCUT2D eigenvalue weighted by atomic mass is 9.76. The van der Waals surface area contributed by atoms with Gasteiger partial charge in [0.05, 0.1) is 0 Å². The SMILES string of the molecule is O=C1[C@H]2CCC[C@H]1CN(Cc1ccccc1)C2. The summed E-state index contributed by atoms with van der Waals surface area (Å²) in [5.74, 6) is 1.19. The first kappa shape index (κ1) is 11.0. The molecule has 1 saturated heterocycles. The molecule has 1 aromatic rings. The van der Waals surface area contributed by atoms with Crippen molar-refractivity contribution in [1.29, 1.82) is 0 Å². The number of rotatable bonds is 2. The van der Waals surface area contributed by atoms with Crippen LogP contribution in [0.5, 0.6) is 0 Å². The topological polar surface area (TPSA) is 20.3 Å². The van der Waals surface area contributed by atoms with Crippen molar-refractivity contribution in [2.45, 2.75) is 25.8 Å². The Morgan fingerprint density at radius 1 is 1.06 bits per heavy atom. The summed E-state index contributed by atoms with van der Waals surface area (Å²) < 4.78 is 0. The number of hydrogen-bond donors (Lipinski definition) is 0. The van der Waals surface area contributed by atoms with Gasteiger partial charge in [-0.3, -0.25) is 9.69 Å². The Balaban J connectivity index is 1.68. The summed E-state index contributed by atoms with van der Waals surface area (Å²) in [7, 11) is 0. The maximum Gasteiger partial charge on any atom is 0.141 e. The van der Waals surface area contributed by atoms with Crippen LogP contribution >= 0.6 is 0 Å². The van der Waals surface area contributed by atoms with Gasteiger partial charge in [0, 0.05) is 31.5 Å². The molecule has 0 spiro atoms. The summed E-state index contributed by atoms with van der Waals surface area (Å²) in [6.07, 6.45) is 3.47. The van der Waals surface area contributed by atoms with Crippen molar-refractivity contribution in [3.05, 3.63) is 35.9 Å². The van der Waals surface area contributed by atoms with E-state index in [-0.39, 0.29) is 0 Å². The van der Waals surface area contributed by atoms with E-state index in [9.17, 15) is 4.79 Å². The summed E-state index contributed by atoms with van der Waals surface area (Å²) >= 11 is 0. The first-order chi connectivity index (χ1) is 8.33. The van der Waals surface area contributed by atoms with E-state index in [0.717, 1.165) is 32.5 Å². The molecule has 2 nitrogen and oxygen atoms in total. The molecule has 2 heteroatoms. The average Bonchev–Trinajstić information content (AvgIpc) is 2.32. The molecule has 17 heavy (non-hydrogen) atoms. The zero-order valence-corrected chi connectivity index (χ0v) is 10.1. The number of nitrogens with zero attached hydrogens (tertiary/aromatic N) is 1. The summed E-state index contributed by atoms with van der Waals surface area (Å²) in [6, 6.07) is 10.6. The van der Waals surface area contributed by atoms with Gasteiger partial charge < -0.3 is 0 Å². The molecule has 0 aromatic heterocycles. The lowest BCUT2D eigenvalue weighted by Crippen LogP contribution is -2.48. The van der Waals surface area contributed by atoms with Gasteiger partial charge in [0.15, 0.2) is 0 Å². The summed E-state index contributed by atoms with van der Waals surface area (Å²) in [4.78, 5) is 14.4. The van der Waals surface area contributed by atoms with Gasteiger partial charge in [0.25, 0.3) is 0 Å². The van der Waals surface area contributed by atoms with Gasteiger partial charge >= 0.3 is 0 Å². The number of benzene rings is 1. The van der Waals surface area contributed by atoms with Crippen LogP contribution < -0.4 is 0 Å². The molecule has 2 atom stereocenters. The van der Waals surface area contributed by atoms with Crippen molar-refractivity contribution in [2.75, 3.05) is 13.1 Å². The number of hydrogen-bond acceptors (Lipinski definition) is 2. The van der Waals surface area contributed by atoms with Gasteiger partial charge in [-0.15, -0.1) is 0 Å². The second-order valence-corrected chi connectivity index (χ2v) is 5.41. The molecule has 2 fully saturated rings. The number of fused-ring (bicyclic) bond motifs is 2. The Bertz CT molecular complexity index is 385. The first-order valence-electron chi connectivity index (χ1n) is 6.63. The molecule has 0 unspecified atom stereocenters. The zero-order valence-electron chi connectivity index (χ0n) is 10.1. The molecule has 1 aromatic carbocycles. The predicted molar refractivity (Wildman–Crippen MR) is 67.6 cm³/mol. The van der Waals surface area contributed by atoms with E-state index in [2.05, 4.69) is 35.2 Å². The number of ketones is 1. The number of carbonyl (C=O) groups is 1. The Kier molecular flexibility index (Phi) is 2.98. The van der Waals surface area contributed by atoms with Crippen LogP contribution in [0.25, 0.3) is 0 Å². The Labute approximate surface area is 103 Å². The van der Waals surface area contributed by atoms with Crippen LogP contribution in [-0.4, -0.2) is 23.8 Å². The third-order valence-electron chi connectivity index (χ3n) is 4.12. The van der Waals surface area contributed by atoms with Crippen LogP contribution in [-0.2, 0) is 11.3 Å². The van der Waals surface area contributed by atoms with Crippen LogP contribution in [0.15, 0.2) is 30.3 Å². The maximum absolute atomic E-state index is 12.0. The zero-order chi connectivity index (χ0) is 11.7. The van der Waals surface area contributed by atoms with Gasteiger partial charge in [0.1, 0.15) is 5.78 Å². The highest BCUT2D eigenvalue weighted by Crippen LogP contribution is 2.32. The second kappa shape index (κ2) is 4.61. The normalized spacial score (nSPS) is 29.3. The van der Waals surface area contributed by atoms with Gasteiger partial charge in [0.2, 0.25) is 0 Å². The van der Waals surface area contributed by atoms with E-state index in [1.807, 2.05) is 0 Å². The summed E-state index contributed by atoms with van der Waals surface area (Å²) in [5, 5.41) is 0. The summed E-state index contributed by atoms with van der Waals surface area (Å²) in [5.41, 5.74) is 1.36. The standard InChI is InChI=1S/C15H19NO/c17-15-13-7-4-8-14(15)11-16(10-13)9-12-5-2-1-3-6-12/h1-3,5-6,13-14H,4,7-11H2/t13-,14-/m0/s1.